The van der Waals surface area contributed by atoms with Gasteiger partial charge in [-0.05, 0) is 24.3 Å². The van der Waals surface area contributed by atoms with Crippen LogP contribution in [0.15, 0.2) is 54.4 Å². The number of carbonyl (C=O) groups is 1. The van der Waals surface area contributed by atoms with Crippen molar-refractivity contribution in [3.63, 3.8) is 0 Å². The molecule has 0 saturated carbocycles. The van der Waals surface area contributed by atoms with Crippen LogP contribution in [0.1, 0.15) is 5.69 Å². The molecule has 2 aromatic rings. The van der Waals surface area contributed by atoms with Crippen molar-refractivity contribution in [2.75, 3.05) is 11.9 Å². The van der Waals surface area contributed by atoms with E-state index in [-0.39, 0.29) is 12.0 Å². The first-order chi connectivity index (χ1) is 9.72. The van der Waals surface area contributed by atoms with Gasteiger partial charge in [0.15, 0.2) is 0 Å². The van der Waals surface area contributed by atoms with E-state index in [4.69, 9.17) is 0 Å². The minimum Gasteiger partial charge on any atom is -0.295 e. The summed E-state index contributed by atoms with van der Waals surface area (Å²) in [6.07, 6.45) is 3.35. The Morgan fingerprint density at radius 3 is 2.40 bits per heavy atom. The van der Waals surface area contributed by atoms with Crippen LogP contribution >= 0.6 is 0 Å². The molecule has 0 aliphatic rings. The van der Waals surface area contributed by atoms with Crippen LogP contribution in [0.25, 0.3) is 0 Å². The predicted molar refractivity (Wildman–Crippen MR) is 74.8 cm³/mol. The number of anilines is 1. The summed E-state index contributed by atoms with van der Waals surface area (Å²) in [7, 11) is 1.57. The van der Waals surface area contributed by atoms with Gasteiger partial charge >= 0.3 is 0 Å². The fraction of sp³-hybridized carbons (Fsp3) is 0.133. The molecule has 2 heterocycles. The molecule has 0 bridgehead atoms. The molecule has 5 heteroatoms. The Bertz CT molecular complexity index is 635. The second kappa shape index (κ2) is 6.41. The Morgan fingerprint density at radius 2 is 1.85 bits per heavy atom. The van der Waals surface area contributed by atoms with Gasteiger partial charge in [-0.25, -0.2) is 9.78 Å². The fourth-order valence-corrected chi connectivity index (χ4v) is 1.70. The van der Waals surface area contributed by atoms with Crippen LogP contribution in [0.5, 0.6) is 0 Å². The van der Waals surface area contributed by atoms with E-state index in [1.54, 1.807) is 61.8 Å². The minimum absolute atomic E-state index is 0.0249. The number of hydrogen-bond acceptors (Lipinski definition) is 4. The fourth-order valence-electron chi connectivity index (χ4n) is 1.70. The zero-order valence-corrected chi connectivity index (χ0v) is 11.0. The highest BCUT2D eigenvalue weighted by molar-refractivity contribution is 6.09. The maximum atomic E-state index is 12.2. The van der Waals surface area contributed by atoms with Crippen LogP contribution in [0.2, 0.25) is 0 Å². The van der Waals surface area contributed by atoms with Crippen LogP contribution in [0, 0.1) is 0 Å². The number of hydrogen-bond donors (Lipinski definition) is 0. The second-order valence-corrected chi connectivity index (χ2v) is 4.13. The van der Waals surface area contributed by atoms with Gasteiger partial charge in [0.2, 0.25) is 0 Å². The molecule has 0 spiro atoms. The topological polar surface area (TPSA) is 63.2 Å². The molecule has 0 fully saturated rings. The van der Waals surface area contributed by atoms with Crippen molar-refractivity contribution in [2.24, 2.45) is 0 Å². The average molecular weight is 267 g/mol. The molecule has 2 aromatic heterocycles. The summed E-state index contributed by atoms with van der Waals surface area (Å²) in [5.41, 5.74) is 0.672. The molecule has 1 amide bonds. The van der Waals surface area contributed by atoms with Crippen molar-refractivity contribution >= 4 is 17.7 Å². The van der Waals surface area contributed by atoms with E-state index in [1.807, 2.05) is 0 Å². The summed E-state index contributed by atoms with van der Waals surface area (Å²) in [6.45, 7) is 0. The van der Waals surface area contributed by atoms with E-state index >= 15 is 0 Å². The summed E-state index contributed by atoms with van der Waals surface area (Å²) >= 11 is 0. The highest BCUT2D eigenvalue weighted by Gasteiger charge is 2.18. The Labute approximate surface area is 116 Å². The number of likely N-dealkylation sites (N-methyl/N-ethyl adjacent to an activating group) is 1. The molecule has 5 nitrogen and oxygen atoms in total. The molecule has 0 N–H and O–H groups in total. The van der Waals surface area contributed by atoms with Gasteiger partial charge < -0.3 is 0 Å². The Hall–Kier alpha value is -2.78. The first-order valence-electron chi connectivity index (χ1n) is 6.05. The maximum absolute atomic E-state index is 12.2. The number of nitrogens with zero attached hydrogens (tertiary/aromatic N) is 3. The molecule has 0 atom stereocenters. The molecule has 20 heavy (non-hydrogen) atoms. The van der Waals surface area contributed by atoms with Crippen LogP contribution in [-0.4, -0.2) is 28.9 Å². The van der Waals surface area contributed by atoms with Gasteiger partial charge in [-0.15, -0.1) is 0 Å². The van der Waals surface area contributed by atoms with Gasteiger partial charge in [0, 0.05) is 31.6 Å². The summed E-state index contributed by atoms with van der Waals surface area (Å²) in [4.78, 5) is 32.8. The Morgan fingerprint density at radius 1 is 1.15 bits per heavy atom. The summed E-state index contributed by atoms with van der Waals surface area (Å²) in [5.74, 6) is 1.76. The van der Waals surface area contributed by atoms with Gasteiger partial charge in [-0.2, -0.15) is 0 Å². The predicted octanol–water partition coefficient (Wildman–Crippen LogP) is 1.44. The average Bonchev–Trinajstić information content (AvgIpc) is 2.53. The third kappa shape index (κ3) is 3.16. The summed E-state index contributed by atoms with van der Waals surface area (Å²) in [6, 6.07) is 10.6. The minimum atomic E-state index is -0.427. The lowest BCUT2D eigenvalue weighted by Crippen LogP contribution is -2.29. The zero-order valence-electron chi connectivity index (χ0n) is 11.0. The maximum Gasteiger partial charge on any atom is 0.266 e. The van der Waals surface area contributed by atoms with Crippen molar-refractivity contribution in [1.29, 1.82) is 0 Å². The zero-order chi connectivity index (χ0) is 14.4. The van der Waals surface area contributed by atoms with Crippen molar-refractivity contribution < 1.29 is 9.59 Å². The first-order valence-corrected chi connectivity index (χ1v) is 6.05. The van der Waals surface area contributed by atoms with Crippen LogP contribution in [0.4, 0.5) is 5.82 Å². The third-order valence-electron chi connectivity index (χ3n) is 2.76. The molecule has 0 aliphatic heterocycles. The first kappa shape index (κ1) is 13.6. The number of aromatic nitrogens is 2. The van der Waals surface area contributed by atoms with E-state index in [1.165, 1.54) is 4.90 Å². The largest absolute Gasteiger partial charge is 0.295 e. The highest BCUT2D eigenvalue weighted by atomic mass is 16.2. The summed E-state index contributed by atoms with van der Waals surface area (Å²) < 4.78 is 0. The number of pyridine rings is 2. The van der Waals surface area contributed by atoms with Gasteiger partial charge in [0.25, 0.3) is 5.91 Å². The molecule has 0 saturated heterocycles. The molecular weight excluding hydrogens is 254 g/mol. The van der Waals surface area contributed by atoms with E-state index in [9.17, 15) is 9.59 Å². The van der Waals surface area contributed by atoms with Gasteiger partial charge in [-0.3, -0.25) is 14.7 Å². The van der Waals surface area contributed by atoms with Crippen molar-refractivity contribution in [3.05, 3.63) is 60.1 Å². The number of carbonyl (C=O) groups excluding carboxylic acids is 2. The van der Waals surface area contributed by atoms with E-state index < -0.39 is 5.91 Å². The smallest absolute Gasteiger partial charge is 0.266 e. The van der Waals surface area contributed by atoms with Gasteiger partial charge in [0.05, 0.1) is 0 Å². The molecule has 0 aliphatic carbocycles. The summed E-state index contributed by atoms with van der Waals surface area (Å²) in [5, 5.41) is 0. The van der Waals surface area contributed by atoms with Crippen LogP contribution < -0.4 is 4.90 Å². The van der Waals surface area contributed by atoms with Crippen LogP contribution in [0.3, 0.4) is 0 Å². The molecular formula is C15H13N3O2. The standard InChI is InChI=1S/C15H13N3O2/c1-18(14-7-3-5-9-17-14)15(20)12(11-19)10-13-6-2-4-8-16-13/h2-9H,10H2,1H3. The SMILES string of the molecule is CN(C(=O)C(=C=O)Cc1ccccn1)c1ccccn1. The molecule has 0 radical (unpaired) electrons. The lowest BCUT2D eigenvalue weighted by Gasteiger charge is -2.16. The lowest BCUT2D eigenvalue weighted by atomic mass is 10.1. The molecule has 100 valence electrons. The normalized spacial score (nSPS) is 9.65. The second-order valence-electron chi connectivity index (χ2n) is 4.13. The van der Waals surface area contributed by atoms with E-state index in [2.05, 4.69) is 9.97 Å². The van der Waals surface area contributed by atoms with Gasteiger partial charge in [-0.1, -0.05) is 12.1 Å². The highest BCUT2D eigenvalue weighted by Crippen LogP contribution is 2.12. The molecule has 0 aromatic carbocycles. The molecule has 0 unspecified atom stereocenters. The van der Waals surface area contributed by atoms with Crippen LogP contribution in [-0.2, 0) is 16.0 Å². The van der Waals surface area contributed by atoms with Crippen molar-refractivity contribution in [1.82, 2.24) is 9.97 Å². The van der Waals surface area contributed by atoms with Crippen molar-refractivity contribution in [2.45, 2.75) is 6.42 Å². The van der Waals surface area contributed by atoms with E-state index in [0.717, 1.165) is 0 Å². The van der Waals surface area contributed by atoms with Gasteiger partial charge in [0.1, 0.15) is 17.3 Å². The monoisotopic (exact) mass is 267 g/mol. The molecule has 2 rings (SSSR count). The third-order valence-corrected chi connectivity index (χ3v) is 2.76. The van der Waals surface area contributed by atoms with E-state index in [0.29, 0.717) is 11.5 Å². The lowest BCUT2D eigenvalue weighted by molar-refractivity contribution is -0.114. The Balaban J connectivity index is 2.16. The quantitative estimate of drug-likeness (QED) is 0.621. The number of amides is 1. The van der Waals surface area contributed by atoms with Crippen molar-refractivity contribution in [3.8, 4) is 0 Å². The Kier molecular flexibility index (Phi) is 4.37. The number of rotatable bonds is 4.